The van der Waals surface area contributed by atoms with E-state index < -0.39 is 35.0 Å². The second-order valence-electron chi connectivity index (χ2n) is 6.80. The summed E-state index contributed by atoms with van der Waals surface area (Å²) in [4.78, 5) is 11.9. The topological polar surface area (TPSA) is 67.8 Å². The summed E-state index contributed by atoms with van der Waals surface area (Å²) in [5, 5.41) is 13.7. The van der Waals surface area contributed by atoms with Crippen LogP contribution >= 0.6 is 15.9 Å². The molecule has 2 saturated heterocycles. The van der Waals surface area contributed by atoms with Crippen molar-refractivity contribution in [2.75, 3.05) is 13.2 Å². The lowest BCUT2D eigenvalue weighted by Crippen LogP contribution is -2.64. The number of carbonyl (C=O) groups is 1. The van der Waals surface area contributed by atoms with E-state index in [0.29, 0.717) is 10.0 Å². The molecule has 8 heteroatoms. The highest BCUT2D eigenvalue weighted by atomic mass is 79.9. The molecule has 0 aromatic heterocycles. The molecular weight excluding hydrogens is 424 g/mol. The average Bonchev–Trinajstić information content (AvgIpc) is 2.64. The van der Waals surface area contributed by atoms with Gasteiger partial charge in [-0.15, -0.1) is 0 Å². The van der Waals surface area contributed by atoms with E-state index in [1.807, 2.05) is 0 Å². The number of cyclic esters (lactones) is 1. The van der Waals surface area contributed by atoms with Gasteiger partial charge in [0.05, 0.1) is 13.2 Å². The quantitative estimate of drug-likeness (QED) is 0.750. The summed E-state index contributed by atoms with van der Waals surface area (Å²) >= 11 is 3.32. The molecule has 1 unspecified atom stereocenters. The van der Waals surface area contributed by atoms with Gasteiger partial charge in [0.1, 0.15) is 17.2 Å². The average molecular weight is 440 g/mol. The molecule has 0 aliphatic carbocycles. The number of aliphatic hydroxyl groups is 1. The largest absolute Gasteiger partial charge is 0.449 e. The molecule has 27 heavy (non-hydrogen) atoms. The van der Waals surface area contributed by atoms with Crippen molar-refractivity contribution in [3.63, 3.8) is 0 Å². The van der Waals surface area contributed by atoms with E-state index in [1.165, 1.54) is 30.3 Å². The van der Waals surface area contributed by atoms with Crippen molar-refractivity contribution in [2.45, 2.75) is 17.7 Å². The van der Waals surface area contributed by atoms with Gasteiger partial charge in [-0.05, 0) is 30.3 Å². The zero-order valence-electron chi connectivity index (χ0n) is 14.0. The van der Waals surface area contributed by atoms with Crippen molar-refractivity contribution in [2.24, 2.45) is 5.92 Å². The van der Waals surface area contributed by atoms with Crippen LogP contribution in [0, 0.1) is 17.6 Å². The van der Waals surface area contributed by atoms with Crippen LogP contribution in [0.15, 0.2) is 46.9 Å². The van der Waals surface area contributed by atoms with Crippen LogP contribution in [-0.2, 0) is 20.8 Å². The fraction of sp³-hybridized carbons (Fsp3) is 0.316. The number of carbonyl (C=O) groups excluding carboxylic acids is 1. The summed E-state index contributed by atoms with van der Waals surface area (Å²) in [6.45, 7) is -0.182. The highest BCUT2D eigenvalue weighted by Gasteiger charge is 2.55. The van der Waals surface area contributed by atoms with Gasteiger partial charge in [0.2, 0.25) is 0 Å². The Hall–Kier alpha value is -2.03. The number of rotatable bonds is 2. The molecular formula is C19H16BrF2NO4. The molecule has 1 amide bonds. The standard InChI is InChI=1S/C19H16BrF2NO4/c20-13-3-6-16(22)15(7-13)18-10-27-19(25,11-1-4-14(21)5-2-11)8-12(18)9-26-17(24)23-18/h1-7,12,25H,8-10H2,(H,23,24)/t12-,18-,19?/m0/s1. The Kier molecular flexibility index (Phi) is 4.44. The molecule has 5 nitrogen and oxygen atoms in total. The van der Waals surface area contributed by atoms with Crippen LogP contribution in [0.2, 0.25) is 0 Å². The lowest BCUT2D eigenvalue weighted by atomic mass is 9.72. The molecule has 2 aliphatic rings. The molecule has 142 valence electrons. The Labute approximate surface area is 162 Å². The molecule has 3 atom stereocenters. The van der Waals surface area contributed by atoms with Gasteiger partial charge < -0.3 is 19.9 Å². The predicted molar refractivity (Wildman–Crippen MR) is 94.6 cm³/mol. The van der Waals surface area contributed by atoms with Crippen molar-refractivity contribution in [1.29, 1.82) is 0 Å². The number of nitrogens with one attached hydrogen (secondary N) is 1. The SMILES string of the molecule is O=C1N[C@@]2(c3cc(Br)ccc3F)COC(O)(c3ccc(F)cc3)C[C@H]2CO1. The van der Waals surface area contributed by atoms with Crippen LogP contribution in [0.5, 0.6) is 0 Å². The first kappa shape index (κ1) is 18.3. The van der Waals surface area contributed by atoms with Gasteiger partial charge in [-0.3, -0.25) is 0 Å². The minimum absolute atomic E-state index is 0.00927. The monoisotopic (exact) mass is 439 g/mol. The van der Waals surface area contributed by atoms with E-state index in [4.69, 9.17) is 9.47 Å². The molecule has 2 aromatic rings. The summed E-state index contributed by atoms with van der Waals surface area (Å²) in [6, 6.07) is 9.77. The Balaban J connectivity index is 1.75. The van der Waals surface area contributed by atoms with Crippen LogP contribution in [0.25, 0.3) is 0 Å². The highest BCUT2D eigenvalue weighted by Crippen LogP contribution is 2.47. The van der Waals surface area contributed by atoms with Crippen molar-refractivity contribution in [3.05, 3.63) is 69.7 Å². The van der Waals surface area contributed by atoms with Crippen LogP contribution in [0.1, 0.15) is 17.5 Å². The first-order valence-electron chi connectivity index (χ1n) is 8.35. The van der Waals surface area contributed by atoms with Gasteiger partial charge in [0, 0.05) is 27.9 Å². The van der Waals surface area contributed by atoms with Gasteiger partial charge >= 0.3 is 6.09 Å². The first-order valence-corrected chi connectivity index (χ1v) is 9.14. The molecule has 0 bridgehead atoms. The number of benzene rings is 2. The maximum atomic E-state index is 14.6. The summed E-state index contributed by atoms with van der Waals surface area (Å²) in [5.41, 5.74) is -0.557. The second kappa shape index (κ2) is 6.54. The number of alkyl carbamates (subject to hydrolysis) is 1. The smallest absolute Gasteiger partial charge is 0.407 e. The Morgan fingerprint density at radius 1 is 1.19 bits per heavy atom. The molecule has 2 N–H and O–H groups in total. The van der Waals surface area contributed by atoms with E-state index >= 15 is 0 Å². The number of fused-ring (bicyclic) bond motifs is 1. The highest BCUT2D eigenvalue weighted by molar-refractivity contribution is 9.10. The van der Waals surface area contributed by atoms with Crippen LogP contribution in [0.3, 0.4) is 0 Å². The van der Waals surface area contributed by atoms with Gasteiger partial charge in [-0.25, -0.2) is 13.6 Å². The van der Waals surface area contributed by atoms with Crippen molar-refractivity contribution in [3.8, 4) is 0 Å². The predicted octanol–water partition coefficient (Wildman–Crippen LogP) is 3.54. The Bertz CT molecular complexity index is 894. The van der Waals surface area contributed by atoms with Crippen molar-refractivity contribution < 1.29 is 28.2 Å². The van der Waals surface area contributed by atoms with E-state index in [1.54, 1.807) is 12.1 Å². The Morgan fingerprint density at radius 2 is 1.93 bits per heavy atom. The number of amides is 1. The fourth-order valence-corrected chi connectivity index (χ4v) is 4.13. The molecule has 4 rings (SSSR count). The number of halogens is 3. The van der Waals surface area contributed by atoms with Crippen LogP contribution in [-0.4, -0.2) is 24.4 Å². The number of hydrogen-bond donors (Lipinski definition) is 2. The van der Waals surface area contributed by atoms with Crippen LogP contribution < -0.4 is 5.32 Å². The van der Waals surface area contributed by atoms with E-state index in [-0.39, 0.29) is 25.2 Å². The second-order valence-corrected chi connectivity index (χ2v) is 7.72. The number of ether oxygens (including phenoxy) is 2. The molecule has 2 heterocycles. The summed E-state index contributed by atoms with van der Waals surface area (Å²) in [7, 11) is 0. The lowest BCUT2D eigenvalue weighted by molar-refractivity contribution is -0.275. The van der Waals surface area contributed by atoms with Crippen molar-refractivity contribution >= 4 is 22.0 Å². The minimum Gasteiger partial charge on any atom is -0.449 e. The molecule has 2 fully saturated rings. The van der Waals surface area contributed by atoms with Gasteiger partial charge in [0.25, 0.3) is 0 Å². The first-order chi connectivity index (χ1) is 12.8. The summed E-state index contributed by atoms with van der Waals surface area (Å²) in [6.07, 6.45) is -0.647. The fourth-order valence-electron chi connectivity index (χ4n) is 3.77. The third kappa shape index (κ3) is 3.11. The number of hydrogen-bond acceptors (Lipinski definition) is 4. The molecule has 2 aliphatic heterocycles. The maximum Gasteiger partial charge on any atom is 0.407 e. The molecule has 0 spiro atoms. The Morgan fingerprint density at radius 3 is 2.67 bits per heavy atom. The van der Waals surface area contributed by atoms with Crippen molar-refractivity contribution in [1.82, 2.24) is 5.32 Å². The van der Waals surface area contributed by atoms with Crippen LogP contribution in [0.4, 0.5) is 13.6 Å². The normalized spacial score (nSPS) is 30.2. The molecule has 2 aromatic carbocycles. The van der Waals surface area contributed by atoms with E-state index in [2.05, 4.69) is 21.2 Å². The lowest BCUT2D eigenvalue weighted by Gasteiger charge is -2.51. The van der Waals surface area contributed by atoms with E-state index in [9.17, 15) is 18.7 Å². The van der Waals surface area contributed by atoms with E-state index in [0.717, 1.165) is 0 Å². The summed E-state index contributed by atoms with van der Waals surface area (Å²) < 4.78 is 39.3. The summed E-state index contributed by atoms with van der Waals surface area (Å²) in [5.74, 6) is -3.10. The van der Waals surface area contributed by atoms with Gasteiger partial charge in [0.15, 0.2) is 5.79 Å². The third-order valence-corrected chi connectivity index (χ3v) is 5.70. The molecule has 0 radical (unpaired) electrons. The zero-order chi connectivity index (χ0) is 19.2. The van der Waals surface area contributed by atoms with Gasteiger partial charge in [-0.1, -0.05) is 28.1 Å². The minimum atomic E-state index is -1.70. The maximum absolute atomic E-state index is 14.6. The van der Waals surface area contributed by atoms with Gasteiger partial charge in [-0.2, -0.15) is 0 Å². The third-order valence-electron chi connectivity index (χ3n) is 5.20. The molecule has 0 saturated carbocycles. The zero-order valence-corrected chi connectivity index (χ0v) is 15.6.